The zero-order valence-corrected chi connectivity index (χ0v) is 82.0. The maximum absolute atomic E-state index is 12.4. The molecule has 0 bridgehead atoms. The first kappa shape index (κ1) is 104. The van der Waals surface area contributed by atoms with E-state index in [9.17, 15) is 39.5 Å². The summed E-state index contributed by atoms with van der Waals surface area (Å²) in [6.45, 7) is 15.1. The molecule has 12 aromatic carbocycles. The summed E-state index contributed by atoms with van der Waals surface area (Å²) in [5.41, 5.74) is 15.4. The van der Waals surface area contributed by atoms with E-state index in [2.05, 4.69) is 76.0 Å². The fourth-order valence-corrected chi connectivity index (χ4v) is 16.0. The summed E-state index contributed by atoms with van der Waals surface area (Å²) < 4.78 is 145. The molecule has 18 aromatic rings. The number of methoxy groups -OCH3 is 2. The number of fused-ring (bicyclic) bond motifs is 6. The van der Waals surface area contributed by atoms with Gasteiger partial charge in [0.15, 0.2) is 0 Å². The minimum Gasteiger partial charge on any atom is -0.497 e. The van der Waals surface area contributed by atoms with Crippen LogP contribution in [0.3, 0.4) is 0 Å². The molecule has 6 heterocycles. The number of aryl methyl sites for hydroxylation is 5. The van der Waals surface area contributed by atoms with Crippen LogP contribution in [0.1, 0.15) is 86.3 Å². The molecule has 0 unspecified atom stereocenters. The Labute approximate surface area is 840 Å². The molecule has 0 aliphatic heterocycles. The number of halogens is 13. The third kappa shape index (κ3) is 30.1. The second-order valence-electron chi connectivity index (χ2n) is 33.1. The number of para-hydroxylation sites is 6. The van der Waals surface area contributed by atoms with Crippen LogP contribution in [0.2, 0.25) is 20.1 Å². The van der Waals surface area contributed by atoms with Crippen molar-refractivity contribution >= 4 is 181 Å². The van der Waals surface area contributed by atoms with Crippen LogP contribution in [0.5, 0.6) is 34.5 Å². The molecule has 1 saturated carbocycles. The van der Waals surface area contributed by atoms with E-state index in [1.165, 1.54) is 36.4 Å². The summed E-state index contributed by atoms with van der Waals surface area (Å²) >= 11 is 24.8. The number of nitrogens with zero attached hydrogens (tertiary/aromatic N) is 6. The molecule has 0 amide bonds. The Morgan fingerprint density at radius 1 is 0.329 bits per heavy atom. The number of anilines is 12. The van der Waals surface area contributed by atoms with E-state index in [4.69, 9.17) is 65.4 Å². The molecular weight excluding hydrogens is 1930 g/mol. The standard InChI is InChI=1S/C19H16ClF3N2O.C19H19ClN2O2.C19H19ClN2O.C19H15F3N2O.C18H15F3N2O.C17H15ClN2O/c1-2-4-13-11-14(26-19(21,22)23)8-9-16(13)24-17-10-7-12-5-3-6-15(20)18(12)25-17;1-13-12-15(24-11-10-23-2)7-8-17(13)21-18-9-6-14-4-3-5-16(20)19(14)22-18;1-12(2)23-15-8-9-17(13(3)11-15)21-18-10-7-14-5-4-6-16(20)19(14)22-18;20-19(21,22)25-14-8-9-17(15(11-14)12-5-6-12)24-18-10-7-13-3-1-2-4-16(13)23-18;1-2-12-11-14(24-18(19,20)21)8-9-16(12)23-17-10-7-13-5-3-4-6-15(13)22-17;1-11-10-13(21-2)7-8-15(11)19-16-9-6-12-4-3-5-14(18)17(12)20-16/h3,5-11H,2,4H2,1H3,(H,24,25);3-9,12H,10-11H2,1-2H3,(H,21,22);4-12H,1-3H3,(H,21,22);1-4,7-12H,5-6H2,(H,23,24);3-11H,2H2,1H3,(H,22,23);3-10H,1-2H3,(H,19,20). The van der Waals surface area contributed by atoms with Crippen molar-refractivity contribution in [2.24, 2.45) is 0 Å². The number of hydrogen-bond donors (Lipinski definition) is 6. The summed E-state index contributed by atoms with van der Waals surface area (Å²) in [6, 6.07) is 92.1. The number of hydrogen-bond acceptors (Lipinski definition) is 19. The number of aromatic nitrogens is 6. The molecule has 1 fully saturated rings. The summed E-state index contributed by atoms with van der Waals surface area (Å²) in [7, 11) is 3.32. The van der Waals surface area contributed by atoms with Crippen LogP contribution in [0.25, 0.3) is 65.4 Å². The van der Waals surface area contributed by atoms with Gasteiger partial charge in [-0.25, -0.2) is 29.9 Å². The van der Waals surface area contributed by atoms with Crippen LogP contribution in [-0.4, -0.2) is 82.5 Å². The predicted molar refractivity (Wildman–Crippen MR) is 558 cm³/mol. The first-order chi connectivity index (χ1) is 68.6. The summed E-state index contributed by atoms with van der Waals surface area (Å²) in [6.07, 6.45) is -10.1. The number of pyridine rings is 6. The second-order valence-corrected chi connectivity index (χ2v) is 34.7. The molecule has 32 heteroatoms. The van der Waals surface area contributed by atoms with E-state index in [0.29, 0.717) is 86.1 Å². The van der Waals surface area contributed by atoms with E-state index in [1.54, 1.807) is 44.6 Å². The van der Waals surface area contributed by atoms with E-state index < -0.39 is 19.1 Å². The van der Waals surface area contributed by atoms with Crippen molar-refractivity contribution in [1.29, 1.82) is 0 Å². The summed E-state index contributed by atoms with van der Waals surface area (Å²) in [5.74, 6) is 6.30. The zero-order chi connectivity index (χ0) is 101. The van der Waals surface area contributed by atoms with Gasteiger partial charge in [-0.2, -0.15) is 0 Å². The maximum atomic E-state index is 12.4. The molecule has 1 aliphatic carbocycles. The van der Waals surface area contributed by atoms with Crippen LogP contribution in [0.4, 0.5) is 109 Å². The lowest BCUT2D eigenvalue weighted by Gasteiger charge is -2.15. The first-order valence-electron chi connectivity index (χ1n) is 45.5. The molecule has 0 saturated heterocycles. The van der Waals surface area contributed by atoms with Crippen molar-refractivity contribution in [3.8, 4) is 34.5 Å². The highest BCUT2D eigenvalue weighted by Crippen LogP contribution is 2.47. The van der Waals surface area contributed by atoms with Crippen molar-refractivity contribution in [2.75, 3.05) is 59.3 Å². The average molecular weight is 2030 g/mol. The van der Waals surface area contributed by atoms with Gasteiger partial charge in [-0.05, 0) is 318 Å². The minimum atomic E-state index is -4.71. The van der Waals surface area contributed by atoms with Crippen molar-refractivity contribution in [3.05, 3.63) is 357 Å². The Morgan fingerprint density at radius 2 is 0.650 bits per heavy atom. The van der Waals surface area contributed by atoms with Gasteiger partial charge in [-0.1, -0.05) is 152 Å². The molecule has 6 aromatic heterocycles. The Morgan fingerprint density at radius 3 is 1.03 bits per heavy atom. The van der Waals surface area contributed by atoms with Gasteiger partial charge in [0.05, 0.1) is 73.0 Å². The second kappa shape index (κ2) is 48.1. The Kier molecular flexibility index (Phi) is 35.0. The minimum absolute atomic E-state index is 0.164. The largest absolute Gasteiger partial charge is 0.573 e. The lowest BCUT2D eigenvalue weighted by molar-refractivity contribution is -0.275. The van der Waals surface area contributed by atoms with Gasteiger partial charge in [-0.15, -0.1) is 39.5 Å². The lowest BCUT2D eigenvalue weighted by Crippen LogP contribution is -2.17. The highest BCUT2D eigenvalue weighted by molar-refractivity contribution is 6.36. The zero-order valence-electron chi connectivity index (χ0n) is 78.9. The predicted octanol–water partition coefficient (Wildman–Crippen LogP) is 33.3. The van der Waals surface area contributed by atoms with Crippen molar-refractivity contribution in [3.63, 3.8) is 0 Å². The smallest absolute Gasteiger partial charge is 0.497 e. The van der Waals surface area contributed by atoms with Crippen LogP contribution in [0.15, 0.2) is 303 Å². The van der Waals surface area contributed by atoms with Gasteiger partial charge >= 0.3 is 19.1 Å². The molecule has 0 atom stereocenters. The summed E-state index contributed by atoms with van der Waals surface area (Å²) in [4.78, 5) is 27.3. The lowest BCUT2D eigenvalue weighted by atomic mass is 10.1. The van der Waals surface area contributed by atoms with E-state index in [-0.39, 0.29) is 29.3 Å². The van der Waals surface area contributed by atoms with Crippen LogP contribution in [-0.2, 0) is 17.6 Å². The van der Waals surface area contributed by atoms with Crippen molar-refractivity contribution < 1.29 is 72.7 Å². The number of alkyl halides is 9. The van der Waals surface area contributed by atoms with Gasteiger partial charge in [0.1, 0.15) is 76.0 Å². The third-order valence-electron chi connectivity index (χ3n) is 22.0. The van der Waals surface area contributed by atoms with Crippen molar-refractivity contribution in [2.45, 2.75) is 112 Å². The van der Waals surface area contributed by atoms with Crippen LogP contribution >= 0.6 is 46.4 Å². The SMILES string of the molecule is CCCc1cc(OC(F)(F)F)ccc1Nc1ccc2cccc(Cl)c2n1.CCc1cc(OC(F)(F)F)ccc1Nc1ccc2ccccc2n1.COCCOc1ccc(Nc2ccc3cccc(Cl)c3n2)c(C)c1.COc1ccc(Nc2ccc3cccc(Cl)c3n2)c(C)c1.Cc1cc(OC(C)C)ccc1Nc1ccc2cccc(Cl)c2n1.FC(F)(F)Oc1ccc(Nc2ccc3ccccc3n2)c(C2CC2)c1. The molecule has 1 aliphatic rings. The normalized spacial score (nSPS) is 11.7. The molecular formula is C111H99Cl4F9N12O7. The van der Waals surface area contributed by atoms with Gasteiger partial charge in [0.2, 0.25) is 0 Å². The topological polar surface area (TPSA) is 214 Å². The fourth-order valence-electron chi connectivity index (χ4n) is 15.1. The molecule has 6 N–H and O–H groups in total. The van der Waals surface area contributed by atoms with Gasteiger partial charge in [0.25, 0.3) is 0 Å². The highest BCUT2D eigenvalue weighted by Gasteiger charge is 2.35. The van der Waals surface area contributed by atoms with E-state index in [1.807, 2.05) is 285 Å². The van der Waals surface area contributed by atoms with Crippen molar-refractivity contribution in [1.82, 2.24) is 29.9 Å². The quantitative estimate of drug-likeness (QED) is 0.0220. The monoisotopic (exact) mass is 2020 g/mol. The molecule has 0 spiro atoms. The number of nitrogens with one attached hydrogen (secondary N) is 6. The maximum Gasteiger partial charge on any atom is 0.573 e. The number of benzene rings is 12. The van der Waals surface area contributed by atoms with Gasteiger partial charge in [0, 0.05) is 73.6 Å². The molecule has 0 radical (unpaired) electrons. The van der Waals surface area contributed by atoms with Gasteiger partial charge in [-0.3, -0.25) is 0 Å². The van der Waals surface area contributed by atoms with Gasteiger partial charge < -0.3 is 65.1 Å². The Bertz CT molecular complexity index is 7480. The number of ether oxygens (including phenoxy) is 7. The molecule has 143 heavy (non-hydrogen) atoms. The molecule has 19 nitrogen and oxygen atoms in total. The summed E-state index contributed by atoms with van der Waals surface area (Å²) in [5, 5.41) is 28.1. The van der Waals surface area contributed by atoms with Crippen LogP contribution in [0, 0.1) is 20.8 Å². The third-order valence-corrected chi connectivity index (χ3v) is 23.2. The fraction of sp³-hybridized carbons (Fsp3) is 0.189. The Hall–Kier alpha value is -14.8. The molecule has 736 valence electrons. The highest BCUT2D eigenvalue weighted by atomic mass is 35.5. The average Bonchev–Trinajstić information content (AvgIpc) is 1.33. The molecule has 19 rings (SSSR count). The Balaban J connectivity index is 0.000000136. The van der Waals surface area contributed by atoms with E-state index in [0.717, 1.165) is 164 Å². The first-order valence-corrected chi connectivity index (χ1v) is 47.0. The van der Waals surface area contributed by atoms with Crippen LogP contribution < -0.4 is 60.3 Å². The van der Waals surface area contributed by atoms with E-state index >= 15 is 0 Å². The number of rotatable bonds is 26.